The van der Waals surface area contributed by atoms with Gasteiger partial charge in [0.15, 0.2) is 12.4 Å². The lowest BCUT2D eigenvalue weighted by molar-refractivity contribution is -0.696. The van der Waals surface area contributed by atoms with Gasteiger partial charge in [0.05, 0.1) is 5.75 Å². The maximum absolute atomic E-state index is 10.7. The highest BCUT2D eigenvalue weighted by Crippen LogP contribution is 2.23. The molecule has 5 heteroatoms. The number of rotatable bonds is 5. The van der Waals surface area contributed by atoms with Crippen molar-refractivity contribution in [3.8, 4) is 11.1 Å². The molecule has 0 saturated carbocycles. The SMILES string of the molecule is O=S(=O)(O)CCC[n+]1ccc(-c2ccc3ccccc3c2)cc1. The molecule has 1 aromatic heterocycles. The number of benzene rings is 2. The number of aryl methyl sites for hydroxylation is 1. The van der Waals surface area contributed by atoms with Crippen LogP contribution in [0.3, 0.4) is 0 Å². The van der Waals surface area contributed by atoms with Crippen molar-refractivity contribution in [3.05, 3.63) is 67.0 Å². The van der Waals surface area contributed by atoms with Crippen LogP contribution in [0, 0.1) is 0 Å². The lowest BCUT2D eigenvalue weighted by atomic mass is 10.0. The molecule has 0 amide bonds. The Labute approximate surface area is 135 Å². The molecule has 1 heterocycles. The molecule has 3 aromatic rings. The minimum absolute atomic E-state index is 0.216. The van der Waals surface area contributed by atoms with E-state index in [-0.39, 0.29) is 5.75 Å². The molecule has 0 saturated heterocycles. The van der Waals surface area contributed by atoms with Gasteiger partial charge in [0, 0.05) is 18.6 Å². The predicted molar refractivity (Wildman–Crippen MR) is 90.6 cm³/mol. The summed E-state index contributed by atoms with van der Waals surface area (Å²) in [6, 6.07) is 18.6. The summed E-state index contributed by atoms with van der Waals surface area (Å²) in [6.07, 6.45) is 4.24. The zero-order valence-corrected chi connectivity index (χ0v) is 13.4. The van der Waals surface area contributed by atoms with Gasteiger partial charge in [0.25, 0.3) is 10.1 Å². The third-order valence-electron chi connectivity index (χ3n) is 3.79. The van der Waals surface area contributed by atoms with Gasteiger partial charge < -0.3 is 0 Å². The van der Waals surface area contributed by atoms with E-state index in [0.29, 0.717) is 13.0 Å². The second kappa shape index (κ2) is 6.48. The molecule has 0 aliphatic heterocycles. The first kappa shape index (κ1) is 15.6. The predicted octanol–water partition coefficient (Wildman–Crippen LogP) is 3.07. The summed E-state index contributed by atoms with van der Waals surface area (Å²) in [5, 5.41) is 2.42. The normalized spacial score (nSPS) is 11.7. The molecule has 23 heavy (non-hydrogen) atoms. The van der Waals surface area contributed by atoms with E-state index in [1.807, 2.05) is 41.2 Å². The third-order valence-corrected chi connectivity index (χ3v) is 4.60. The van der Waals surface area contributed by atoms with E-state index in [1.165, 1.54) is 10.8 Å². The third kappa shape index (κ3) is 4.15. The average Bonchev–Trinajstić information content (AvgIpc) is 2.54. The summed E-state index contributed by atoms with van der Waals surface area (Å²) in [4.78, 5) is 0. The van der Waals surface area contributed by atoms with Crippen LogP contribution in [0.5, 0.6) is 0 Å². The number of hydrogen-bond acceptors (Lipinski definition) is 2. The Morgan fingerprint density at radius 1 is 0.870 bits per heavy atom. The molecule has 0 fully saturated rings. The molecule has 0 unspecified atom stereocenters. The van der Waals surface area contributed by atoms with Crippen molar-refractivity contribution in [1.29, 1.82) is 0 Å². The molecule has 0 atom stereocenters. The topological polar surface area (TPSA) is 58.3 Å². The standard InChI is InChI=1S/C18H17NO3S/c20-23(21,22)13-3-10-19-11-8-16(9-12-19)18-7-6-15-4-1-2-5-17(15)14-18/h1-2,4-9,11-12,14H,3,10,13H2/p+1. The van der Waals surface area contributed by atoms with Crippen LogP contribution in [-0.2, 0) is 16.7 Å². The summed E-state index contributed by atoms with van der Waals surface area (Å²) in [7, 11) is -3.88. The Hall–Kier alpha value is -2.24. The van der Waals surface area contributed by atoms with Crippen molar-refractivity contribution in [2.45, 2.75) is 13.0 Å². The van der Waals surface area contributed by atoms with Crippen molar-refractivity contribution >= 4 is 20.9 Å². The average molecular weight is 328 g/mol. The van der Waals surface area contributed by atoms with Crippen molar-refractivity contribution in [2.75, 3.05) is 5.75 Å². The van der Waals surface area contributed by atoms with Gasteiger partial charge in [-0.15, -0.1) is 0 Å². The quantitative estimate of drug-likeness (QED) is 0.578. The van der Waals surface area contributed by atoms with Crippen LogP contribution in [0.1, 0.15) is 6.42 Å². The first-order valence-electron chi connectivity index (χ1n) is 7.45. The summed E-state index contributed by atoms with van der Waals surface area (Å²) in [6.45, 7) is 0.553. The van der Waals surface area contributed by atoms with Crippen LogP contribution in [0.4, 0.5) is 0 Å². The number of hydrogen-bond donors (Lipinski definition) is 1. The van der Waals surface area contributed by atoms with E-state index >= 15 is 0 Å². The van der Waals surface area contributed by atoms with Crippen molar-refractivity contribution in [2.24, 2.45) is 0 Å². The fraction of sp³-hybridized carbons (Fsp3) is 0.167. The minimum Gasteiger partial charge on any atom is -0.286 e. The smallest absolute Gasteiger partial charge is 0.265 e. The first-order chi connectivity index (χ1) is 11.0. The van der Waals surface area contributed by atoms with Crippen LogP contribution in [-0.4, -0.2) is 18.7 Å². The van der Waals surface area contributed by atoms with Gasteiger partial charge in [0.2, 0.25) is 0 Å². The largest absolute Gasteiger partial charge is 0.286 e. The van der Waals surface area contributed by atoms with Gasteiger partial charge in [-0.05, 0) is 28.0 Å². The highest BCUT2D eigenvalue weighted by molar-refractivity contribution is 7.85. The van der Waals surface area contributed by atoms with Crippen molar-refractivity contribution in [3.63, 3.8) is 0 Å². The Morgan fingerprint density at radius 2 is 1.57 bits per heavy atom. The summed E-state index contributed by atoms with van der Waals surface area (Å²) in [5.74, 6) is -0.216. The molecule has 0 aliphatic carbocycles. The summed E-state index contributed by atoms with van der Waals surface area (Å²) in [5.41, 5.74) is 2.26. The zero-order chi connectivity index (χ0) is 16.3. The molecule has 0 radical (unpaired) electrons. The Kier molecular flexibility index (Phi) is 4.41. The molecule has 2 aromatic carbocycles. The first-order valence-corrected chi connectivity index (χ1v) is 9.06. The van der Waals surface area contributed by atoms with Gasteiger partial charge in [-0.25, -0.2) is 4.57 Å². The molecular formula is C18H18NO3S+. The van der Waals surface area contributed by atoms with Gasteiger partial charge in [-0.3, -0.25) is 4.55 Å². The van der Waals surface area contributed by atoms with E-state index in [4.69, 9.17) is 4.55 Å². The van der Waals surface area contributed by atoms with E-state index in [9.17, 15) is 8.42 Å². The number of nitrogens with zero attached hydrogens (tertiary/aromatic N) is 1. The number of aromatic nitrogens is 1. The lowest BCUT2D eigenvalue weighted by Gasteiger charge is -2.04. The Bertz CT molecular complexity index is 918. The fourth-order valence-electron chi connectivity index (χ4n) is 2.60. The summed E-state index contributed by atoms with van der Waals surface area (Å²) < 4.78 is 32.1. The molecule has 0 spiro atoms. The van der Waals surface area contributed by atoms with Crippen LogP contribution >= 0.6 is 0 Å². The molecule has 0 aliphatic rings. The maximum Gasteiger partial charge on any atom is 0.265 e. The van der Waals surface area contributed by atoms with Crippen LogP contribution < -0.4 is 4.57 Å². The monoisotopic (exact) mass is 328 g/mol. The number of pyridine rings is 1. The van der Waals surface area contributed by atoms with Crippen LogP contribution in [0.15, 0.2) is 67.0 Å². The molecule has 3 rings (SSSR count). The maximum atomic E-state index is 10.7. The second-order valence-corrected chi connectivity index (χ2v) is 7.10. The van der Waals surface area contributed by atoms with Gasteiger partial charge in [-0.2, -0.15) is 8.42 Å². The molecule has 118 valence electrons. The molecular weight excluding hydrogens is 310 g/mol. The second-order valence-electron chi connectivity index (χ2n) is 5.53. The van der Waals surface area contributed by atoms with Gasteiger partial charge >= 0.3 is 0 Å². The highest BCUT2D eigenvalue weighted by Gasteiger charge is 2.08. The van der Waals surface area contributed by atoms with Gasteiger partial charge in [0.1, 0.15) is 6.54 Å². The van der Waals surface area contributed by atoms with Crippen molar-refractivity contribution in [1.82, 2.24) is 0 Å². The Balaban J connectivity index is 1.75. The van der Waals surface area contributed by atoms with Gasteiger partial charge in [-0.1, -0.05) is 36.4 Å². The molecule has 0 bridgehead atoms. The van der Waals surface area contributed by atoms with E-state index in [2.05, 4.69) is 30.3 Å². The summed E-state index contributed by atoms with van der Waals surface area (Å²) >= 11 is 0. The number of fused-ring (bicyclic) bond motifs is 1. The van der Waals surface area contributed by atoms with Crippen molar-refractivity contribution < 1.29 is 17.5 Å². The fourth-order valence-corrected chi connectivity index (χ4v) is 3.09. The minimum atomic E-state index is -3.88. The lowest BCUT2D eigenvalue weighted by Crippen LogP contribution is -2.33. The zero-order valence-electron chi connectivity index (χ0n) is 12.6. The molecule has 4 nitrogen and oxygen atoms in total. The Morgan fingerprint density at radius 3 is 2.26 bits per heavy atom. The van der Waals surface area contributed by atoms with Crippen LogP contribution in [0.25, 0.3) is 21.9 Å². The van der Waals surface area contributed by atoms with E-state index in [1.54, 1.807) is 0 Å². The van der Waals surface area contributed by atoms with Crippen LogP contribution in [0.2, 0.25) is 0 Å². The molecule has 1 N–H and O–H groups in total. The van der Waals surface area contributed by atoms with E-state index in [0.717, 1.165) is 11.1 Å². The van der Waals surface area contributed by atoms with E-state index < -0.39 is 10.1 Å². The highest BCUT2D eigenvalue weighted by atomic mass is 32.2.